The quantitative estimate of drug-likeness (QED) is 0.641. The molecule has 1 aliphatic carbocycles. The molecule has 0 aromatic heterocycles. The molecule has 2 aromatic rings. The van der Waals surface area contributed by atoms with Gasteiger partial charge < -0.3 is 0 Å². The highest BCUT2D eigenvalue weighted by Crippen LogP contribution is 2.08. The summed E-state index contributed by atoms with van der Waals surface area (Å²) < 4.78 is 0. The second-order valence-electron chi connectivity index (χ2n) is 3.86. The van der Waals surface area contributed by atoms with Crippen LogP contribution in [0.2, 0.25) is 0 Å². The van der Waals surface area contributed by atoms with Crippen molar-refractivity contribution in [1.82, 2.24) is 0 Å². The fraction of sp³-hybridized carbons (Fsp3) is 0.176. The average Bonchev–Trinajstić information content (AvgIpc) is 2.63. The van der Waals surface area contributed by atoms with Crippen molar-refractivity contribution in [2.45, 2.75) is 20.3 Å². The van der Waals surface area contributed by atoms with Gasteiger partial charge in [0, 0.05) is 0 Å². The van der Waals surface area contributed by atoms with Crippen LogP contribution in [0.25, 0.3) is 22.9 Å². The van der Waals surface area contributed by atoms with Crippen LogP contribution in [-0.2, 0) is 0 Å². The van der Waals surface area contributed by atoms with Crippen LogP contribution >= 0.6 is 0 Å². The number of hydrogen-bond donors (Lipinski definition) is 0. The maximum atomic E-state index is 2.28. The van der Waals surface area contributed by atoms with Gasteiger partial charge in [0.15, 0.2) is 0 Å². The molecule has 0 radical (unpaired) electrons. The van der Waals surface area contributed by atoms with Crippen molar-refractivity contribution in [3.05, 3.63) is 59.0 Å². The summed E-state index contributed by atoms with van der Waals surface area (Å²) in [6, 6.07) is 13.0. The van der Waals surface area contributed by atoms with Gasteiger partial charge in [-0.15, -0.1) is 0 Å². The van der Waals surface area contributed by atoms with Gasteiger partial charge in [-0.25, -0.2) is 0 Å². The van der Waals surface area contributed by atoms with Crippen LogP contribution < -0.4 is 10.4 Å². The first-order chi connectivity index (χ1) is 8.43. The van der Waals surface area contributed by atoms with E-state index >= 15 is 0 Å². The minimum atomic E-state index is 1.03. The smallest absolute Gasteiger partial charge is 0.0157 e. The van der Waals surface area contributed by atoms with Crippen LogP contribution in [0, 0.1) is 0 Å². The Bertz CT molecular complexity index is 645. The molecule has 17 heavy (non-hydrogen) atoms. The van der Waals surface area contributed by atoms with Crippen molar-refractivity contribution >= 4 is 22.9 Å². The van der Waals surface area contributed by atoms with Gasteiger partial charge in [-0.3, -0.25) is 0 Å². The van der Waals surface area contributed by atoms with Gasteiger partial charge in [0.2, 0.25) is 0 Å². The molecule has 1 aliphatic rings. The summed E-state index contributed by atoms with van der Waals surface area (Å²) >= 11 is 0. The second-order valence-corrected chi connectivity index (χ2v) is 3.86. The molecule has 0 nitrogen and oxygen atoms in total. The van der Waals surface area contributed by atoms with Crippen LogP contribution in [0.15, 0.2) is 48.6 Å². The predicted octanol–water partition coefficient (Wildman–Crippen LogP) is 3.39. The van der Waals surface area contributed by atoms with Gasteiger partial charge in [0.25, 0.3) is 0 Å². The van der Waals surface area contributed by atoms with Gasteiger partial charge >= 0.3 is 0 Å². The first kappa shape index (κ1) is 11.7. The molecule has 0 fully saturated rings. The molecule has 0 atom stereocenters. The van der Waals surface area contributed by atoms with Crippen molar-refractivity contribution in [2.75, 3.05) is 0 Å². The van der Waals surface area contributed by atoms with Crippen molar-refractivity contribution < 1.29 is 0 Å². The highest BCUT2D eigenvalue weighted by molar-refractivity contribution is 5.83. The molecular weight excluding hydrogens is 204 g/mol. The summed E-state index contributed by atoms with van der Waals surface area (Å²) in [5, 5.41) is 5.31. The number of benzene rings is 2. The summed E-state index contributed by atoms with van der Waals surface area (Å²) in [5.74, 6) is 0. The van der Waals surface area contributed by atoms with E-state index in [4.69, 9.17) is 0 Å². The molecule has 2 aromatic carbocycles. The zero-order valence-electron chi connectivity index (χ0n) is 10.5. The third kappa shape index (κ3) is 2.47. The summed E-state index contributed by atoms with van der Waals surface area (Å²) in [6.07, 6.45) is 9.82. The van der Waals surface area contributed by atoms with E-state index in [0.29, 0.717) is 0 Å². The van der Waals surface area contributed by atoms with E-state index in [9.17, 15) is 0 Å². The lowest BCUT2D eigenvalue weighted by Gasteiger charge is -1.97. The lowest BCUT2D eigenvalue weighted by Crippen LogP contribution is -2.23. The maximum Gasteiger partial charge on any atom is -0.0157 e. The maximum absolute atomic E-state index is 2.28. The predicted molar refractivity (Wildman–Crippen MR) is 77.2 cm³/mol. The van der Waals surface area contributed by atoms with Crippen LogP contribution in [0.5, 0.6) is 0 Å². The van der Waals surface area contributed by atoms with Gasteiger partial charge in [-0.2, -0.15) is 0 Å². The van der Waals surface area contributed by atoms with Crippen LogP contribution in [0.3, 0.4) is 0 Å². The highest BCUT2D eigenvalue weighted by atomic mass is 14.0. The van der Waals surface area contributed by atoms with E-state index in [1.54, 1.807) is 0 Å². The molecule has 0 spiro atoms. The van der Waals surface area contributed by atoms with Crippen LogP contribution in [0.4, 0.5) is 0 Å². The number of fused-ring (bicyclic) bond motifs is 2. The standard InChI is InChI=1S/C15H12.C2H6/c1-2-6-12-10-14-8-4-5-9-15(14)11-13(12)7-3-1;1-2/h1-2,4-11H,3H2;1-2H3. The van der Waals surface area contributed by atoms with Crippen molar-refractivity contribution in [3.63, 3.8) is 0 Å². The lowest BCUT2D eigenvalue weighted by atomic mass is 10.1. The lowest BCUT2D eigenvalue weighted by molar-refractivity contribution is 1.47. The van der Waals surface area contributed by atoms with E-state index in [1.165, 1.54) is 21.2 Å². The molecule has 0 aliphatic heterocycles. The summed E-state index contributed by atoms with van der Waals surface area (Å²) in [6.45, 7) is 4.00. The van der Waals surface area contributed by atoms with E-state index < -0.39 is 0 Å². The zero-order chi connectivity index (χ0) is 12.1. The first-order valence-electron chi connectivity index (χ1n) is 6.29. The number of rotatable bonds is 0. The van der Waals surface area contributed by atoms with Crippen LogP contribution in [0.1, 0.15) is 20.3 Å². The molecule has 0 unspecified atom stereocenters. The Balaban J connectivity index is 0.000000514. The normalized spacial score (nSPS) is 12.6. The average molecular weight is 222 g/mol. The summed E-state index contributed by atoms with van der Waals surface area (Å²) in [5.41, 5.74) is 0. The van der Waals surface area contributed by atoms with Gasteiger partial charge in [-0.05, 0) is 39.8 Å². The Morgan fingerprint density at radius 1 is 0.882 bits per heavy atom. The fourth-order valence-corrected chi connectivity index (χ4v) is 2.04. The van der Waals surface area contributed by atoms with E-state index in [-0.39, 0.29) is 0 Å². The van der Waals surface area contributed by atoms with Gasteiger partial charge in [0.05, 0.1) is 0 Å². The Kier molecular flexibility index (Phi) is 3.77. The van der Waals surface area contributed by atoms with E-state index in [2.05, 4.69) is 60.7 Å². The third-order valence-electron chi connectivity index (χ3n) is 2.84. The topological polar surface area (TPSA) is 0 Å². The van der Waals surface area contributed by atoms with E-state index in [1.807, 2.05) is 13.8 Å². The first-order valence-corrected chi connectivity index (χ1v) is 6.29. The minimum absolute atomic E-state index is 1.03. The Labute approximate surface area is 103 Å². The molecule has 0 heterocycles. The molecule has 3 rings (SSSR count). The molecule has 0 heteroatoms. The van der Waals surface area contributed by atoms with E-state index in [0.717, 1.165) is 6.42 Å². The Morgan fingerprint density at radius 2 is 1.53 bits per heavy atom. The molecule has 0 bridgehead atoms. The number of allylic oxidation sites excluding steroid dienone is 2. The second kappa shape index (κ2) is 5.49. The Morgan fingerprint density at radius 3 is 2.24 bits per heavy atom. The number of hydrogen-bond acceptors (Lipinski definition) is 0. The summed E-state index contributed by atoms with van der Waals surface area (Å²) in [7, 11) is 0. The van der Waals surface area contributed by atoms with Gasteiger partial charge in [0.1, 0.15) is 0 Å². The molecule has 86 valence electrons. The van der Waals surface area contributed by atoms with Crippen LogP contribution in [-0.4, -0.2) is 0 Å². The van der Waals surface area contributed by atoms with Crippen molar-refractivity contribution in [2.24, 2.45) is 0 Å². The van der Waals surface area contributed by atoms with Crippen molar-refractivity contribution in [3.8, 4) is 0 Å². The largest absolute Gasteiger partial charge is 0.0807 e. The highest BCUT2D eigenvalue weighted by Gasteiger charge is 1.93. The molecular formula is C17H18. The Hall–Kier alpha value is -1.82. The van der Waals surface area contributed by atoms with Crippen molar-refractivity contribution in [1.29, 1.82) is 0 Å². The minimum Gasteiger partial charge on any atom is -0.0807 e. The zero-order valence-corrected chi connectivity index (χ0v) is 10.5. The fourth-order valence-electron chi connectivity index (χ4n) is 2.04. The molecule has 0 amide bonds. The SMILES string of the molecule is C1=CCC=c2cc3ccccc3cc2=C1.CC. The monoisotopic (exact) mass is 222 g/mol. The molecule has 0 saturated carbocycles. The van der Waals surface area contributed by atoms with Gasteiger partial charge in [-0.1, -0.05) is 62.4 Å². The summed E-state index contributed by atoms with van der Waals surface area (Å²) in [4.78, 5) is 0. The molecule has 0 saturated heterocycles. The molecule has 0 N–H and O–H groups in total. The third-order valence-corrected chi connectivity index (χ3v) is 2.84.